The summed E-state index contributed by atoms with van der Waals surface area (Å²) in [6.45, 7) is 0. The average Bonchev–Trinajstić information content (AvgIpc) is 2.05. The van der Waals surface area contributed by atoms with Crippen molar-refractivity contribution < 1.29 is 0 Å². The minimum atomic E-state index is 0.480. The highest BCUT2D eigenvalue weighted by Crippen LogP contribution is 2.24. The summed E-state index contributed by atoms with van der Waals surface area (Å²) in [5.41, 5.74) is 1.36. The molecule has 1 rings (SSSR count). The maximum atomic E-state index is 2.42. The predicted molar refractivity (Wildman–Crippen MR) is 56.9 cm³/mol. The Kier molecular flexibility index (Phi) is 3.33. The molecule has 0 heterocycles. The number of rotatable bonds is 2. The van der Waals surface area contributed by atoms with Crippen LogP contribution < -0.4 is 0 Å². The van der Waals surface area contributed by atoms with Gasteiger partial charge in [0.05, 0.1) is 4.05 Å². The summed E-state index contributed by atoms with van der Waals surface area (Å²) in [6.07, 6.45) is 0. The van der Waals surface area contributed by atoms with E-state index in [4.69, 9.17) is 0 Å². The molecule has 1 aromatic rings. The van der Waals surface area contributed by atoms with Crippen molar-refractivity contribution in [2.75, 3.05) is 14.1 Å². The minimum Gasteiger partial charge on any atom is -0.294 e. The van der Waals surface area contributed by atoms with E-state index in [1.54, 1.807) is 0 Å². The van der Waals surface area contributed by atoms with Crippen molar-refractivity contribution in [3.05, 3.63) is 35.9 Å². The first-order valence-corrected chi connectivity index (χ1v) is 4.82. The summed E-state index contributed by atoms with van der Waals surface area (Å²) in [4.78, 5) is 2.19. The van der Waals surface area contributed by atoms with E-state index in [-0.39, 0.29) is 0 Å². The Morgan fingerprint density at radius 3 is 2.18 bits per heavy atom. The van der Waals surface area contributed by atoms with Crippen molar-refractivity contribution in [3.63, 3.8) is 0 Å². The second-order valence-electron chi connectivity index (χ2n) is 2.71. The molecule has 0 aliphatic rings. The van der Waals surface area contributed by atoms with Crippen LogP contribution in [-0.4, -0.2) is 19.0 Å². The quantitative estimate of drug-likeness (QED) is 0.449. The molecule has 11 heavy (non-hydrogen) atoms. The van der Waals surface area contributed by atoms with Crippen molar-refractivity contribution in [1.29, 1.82) is 0 Å². The van der Waals surface area contributed by atoms with E-state index >= 15 is 0 Å². The fourth-order valence-electron chi connectivity index (χ4n) is 0.910. The normalized spacial score (nSPS) is 13.5. The van der Waals surface area contributed by atoms with Crippen LogP contribution in [0.4, 0.5) is 0 Å². The molecule has 0 N–H and O–H groups in total. The first-order valence-electron chi connectivity index (χ1n) is 3.57. The molecule has 0 saturated heterocycles. The van der Waals surface area contributed by atoms with Gasteiger partial charge in [-0.1, -0.05) is 52.9 Å². The molecule has 0 amide bonds. The molecular formula is C9H12IN. The zero-order valence-electron chi connectivity index (χ0n) is 6.79. The van der Waals surface area contributed by atoms with Crippen molar-refractivity contribution in [3.8, 4) is 0 Å². The monoisotopic (exact) mass is 261 g/mol. The molecular weight excluding hydrogens is 249 g/mol. The number of benzene rings is 1. The second-order valence-corrected chi connectivity index (χ2v) is 3.89. The number of halogens is 1. The highest BCUT2D eigenvalue weighted by molar-refractivity contribution is 14.1. The molecule has 0 bridgehead atoms. The van der Waals surface area contributed by atoms with Gasteiger partial charge in [-0.2, -0.15) is 0 Å². The van der Waals surface area contributed by atoms with Gasteiger partial charge in [0.1, 0.15) is 0 Å². The molecule has 1 aromatic carbocycles. The van der Waals surface area contributed by atoms with E-state index in [1.807, 2.05) is 6.07 Å². The molecule has 0 aromatic heterocycles. The largest absolute Gasteiger partial charge is 0.294 e. The third kappa shape index (κ3) is 2.45. The van der Waals surface area contributed by atoms with Gasteiger partial charge in [-0.05, 0) is 19.7 Å². The lowest BCUT2D eigenvalue weighted by Crippen LogP contribution is -2.13. The summed E-state index contributed by atoms with van der Waals surface area (Å²) >= 11 is 2.42. The fourth-order valence-corrected chi connectivity index (χ4v) is 1.33. The van der Waals surface area contributed by atoms with Gasteiger partial charge in [0.2, 0.25) is 0 Å². The minimum absolute atomic E-state index is 0.480. The van der Waals surface area contributed by atoms with Crippen molar-refractivity contribution in [2.24, 2.45) is 0 Å². The van der Waals surface area contributed by atoms with Crippen LogP contribution in [-0.2, 0) is 0 Å². The van der Waals surface area contributed by atoms with Gasteiger partial charge < -0.3 is 0 Å². The predicted octanol–water partition coefficient (Wildman–Crippen LogP) is 2.68. The summed E-state index contributed by atoms with van der Waals surface area (Å²) in [5.74, 6) is 0. The Bertz CT molecular complexity index is 208. The molecule has 0 aliphatic heterocycles. The summed E-state index contributed by atoms with van der Waals surface area (Å²) in [6, 6.07) is 10.5. The van der Waals surface area contributed by atoms with Crippen LogP contribution in [0.15, 0.2) is 30.3 Å². The van der Waals surface area contributed by atoms with Crippen LogP contribution in [0.1, 0.15) is 9.61 Å². The average molecular weight is 261 g/mol. The molecule has 0 saturated carbocycles. The first-order chi connectivity index (χ1) is 5.22. The Hall–Kier alpha value is -0.0900. The van der Waals surface area contributed by atoms with Crippen LogP contribution in [0.3, 0.4) is 0 Å². The zero-order chi connectivity index (χ0) is 8.27. The third-order valence-corrected chi connectivity index (χ3v) is 3.36. The number of hydrogen-bond donors (Lipinski definition) is 0. The lowest BCUT2D eigenvalue weighted by atomic mass is 10.2. The lowest BCUT2D eigenvalue weighted by molar-refractivity contribution is 0.406. The Labute approximate surface area is 81.5 Å². The van der Waals surface area contributed by atoms with Gasteiger partial charge >= 0.3 is 0 Å². The van der Waals surface area contributed by atoms with E-state index in [1.165, 1.54) is 5.56 Å². The molecule has 60 valence electrons. The Morgan fingerprint density at radius 2 is 1.73 bits per heavy atom. The summed E-state index contributed by atoms with van der Waals surface area (Å²) in [7, 11) is 4.17. The maximum Gasteiger partial charge on any atom is 0.0869 e. The van der Waals surface area contributed by atoms with Gasteiger partial charge in [-0.15, -0.1) is 0 Å². The van der Waals surface area contributed by atoms with E-state index in [9.17, 15) is 0 Å². The van der Waals surface area contributed by atoms with E-state index in [0.29, 0.717) is 4.05 Å². The highest BCUT2D eigenvalue weighted by Gasteiger charge is 2.06. The molecule has 1 atom stereocenters. The summed E-state index contributed by atoms with van der Waals surface area (Å²) < 4.78 is 0.480. The third-order valence-electron chi connectivity index (χ3n) is 1.53. The van der Waals surface area contributed by atoms with Crippen LogP contribution in [0.5, 0.6) is 0 Å². The first kappa shape index (κ1) is 9.00. The molecule has 0 fully saturated rings. The maximum absolute atomic E-state index is 2.42. The molecule has 0 radical (unpaired) electrons. The van der Waals surface area contributed by atoms with Gasteiger partial charge in [-0.25, -0.2) is 0 Å². The molecule has 0 aliphatic carbocycles. The van der Waals surface area contributed by atoms with Crippen LogP contribution in [0.2, 0.25) is 0 Å². The topological polar surface area (TPSA) is 3.24 Å². The van der Waals surface area contributed by atoms with E-state index in [0.717, 1.165) is 0 Å². The Balaban J connectivity index is 2.77. The number of hydrogen-bond acceptors (Lipinski definition) is 1. The van der Waals surface area contributed by atoms with E-state index in [2.05, 4.69) is 65.9 Å². The van der Waals surface area contributed by atoms with Gasteiger partial charge in [-0.3, -0.25) is 4.90 Å². The van der Waals surface area contributed by atoms with Gasteiger partial charge in [0.25, 0.3) is 0 Å². The second kappa shape index (κ2) is 4.07. The summed E-state index contributed by atoms with van der Waals surface area (Å²) in [5, 5.41) is 0. The molecule has 2 heteroatoms. The SMILES string of the molecule is CN(C)[C@@H](I)c1ccccc1. The fraction of sp³-hybridized carbons (Fsp3) is 0.333. The number of nitrogens with zero attached hydrogens (tertiary/aromatic N) is 1. The van der Waals surface area contributed by atoms with Crippen molar-refractivity contribution in [1.82, 2.24) is 4.90 Å². The smallest absolute Gasteiger partial charge is 0.0869 e. The van der Waals surface area contributed by atoms with Crippen LogP contribution >= 0.6 is 22.6 Å². The molecule has 1 nitrogen and oxygen atoms in total. The zero-order valence-corrected chi connectivity index (χ0v) is 8.95. The van der Waals surface area contributed by atoms with Gasteiger partial charge in [0, 0.05) is 0 Å². The van der Waals surface area contributed by atoms with E-state index < -0.39 is 0 Å². The van der Waals surface area contributed by atoms with Crippen LogP contribution in [0, 0.1) is 0 Å². The lowest BCUT2D eigenvalue weighted by Gasteiger charge is -2.17. The highest BCUT2D eigenvalue weighted by atomic mass is 127. The van der Waals surface area contributed by atoms with Crippen molar-refractivity contribution in [2.45, 2.75) is 4.05 Å². The molecule has 0 unspecified atom stereocenters. The number of alkyl halides is 1. The standard InChI is InChI=1S/C9H12IN/c1-11(2)9(10)8-6-4-3-5-7-8/h3-7,9H,1-2H3/t9-/m1/s1. The van der Waals surface area contributed by atoms with Gasteiger partial charge in [0.15, 0.2) is 0 Å². The van der Waals surface area contributed by atoms with Crippen molar-refractivity contribution >= 4 is 22.6 Å². The molecule has 0 spiro atoms. The Morgan fingerprint density at radius 1 is 1.18 bits per heavy atom. The van der Waals surface area contributed by atoms with Crippen LogP contribution in [0.25, 0.3) is 0 Å².